The van der Waals surface area contributed by atoms with Crippen molar-refractivity contribution < 1.29 is 4.39 Å². The first-order chi connectivity index (χ1) is 46.4. The number of para-hydroxylation sites is 6. The van der Waals surface area contributed by atoms with E-state index in [1.54, 1.807) is 23.5 Å². The largest absolute Gasteiger partial charge is 0.310 e. The van der Waals surface area contributed by atoms with E-state index in [9.17, 15) is 0 Å². The molecule has 4 heterocycles. The molecular weight excluding hydrogens is 1220 g/mol. The van der Waals surface area contributed by atoms with Crippen LogP contribution < -0.4 is 19.6 Å². The standard InChI is InChI=1S/C43H30N2S2.C42H27FN2S2/c1-29-17-21-36-38-27-34(20-24-40(38)46-42(36)25-29)45(32-15-9-4-10-16-32)35-18-22-37-39-26-33(19-23-41(39)47-43(37)28-35)44(30-11-5-2-6-12-30)31-13-7-3-8-14-31;43-37-17-10-18-40-42(37)36-26-32(21-24-39(36)46-40)45(30-15-8-3-9-16-30)33-19-22-34-35-25-31(20-23-38(35)47-41(34)27-33)44(28-11-4-1-5-12-28)29-13-6-2-7-14-29/h2-28H,1H3;1-27H. The molecule has 0 unspecified atom stereocenters. The molecule has 0 bridgehead atoms. The molecule has 4 aromatic heterocycles. The van der Waals surface area contributed by atoms with Crippen molar-refractivity contribution in [3.05, 3.63) is 339 Å². The first-order valence-electron chi connectivity index (χ1n) is 31.4. The van der Waals surface area contributed by atoms with Crippen LogP contribution in [0.2, 0.25) is 0 Å². The van der Waals surface area contributed by atoms with Gasteiger partial charge in [-0.05, 0) is 201 Å². The van der Waals surface area contributed by atoms with Crippen LogP contribution in [-0.2, 0) is 0 Å². The smallest absolute Gasteiger partial charge is 0.132 e. The number of halogens is 1. The van der Waals surface area contributed by atoms with Crippen molar-refractivity contribution >= 4 is 194 Å². The fourth-order valence-corrected chi connectivity index (χ4v) is 17.8. The molecular formula is C85H57FN4S4. The summed E-state index contributed by atoms with van der Waals surface area (Å²) < 4.78 is 24.8. The summed E-state index contributed by atoms with van der Waals surface area (Å²) in [7, 11) is 0. The predicted octanol–water partition coefficient (Wildman–Crippen LogP) is 27.2. The summed E-state index contributed by atoms with van der Waals surface area (Å²) in [4.78, 5) is 9.30. The van der Waals surface area contributed by atoms with Crippen molar-refractivity contribution in [1.29, 1.82) is 0 Å². The van der Waals surface area contributed by atoms with Crippen LogP contribution in [0.15, 0.2) is 328 Å². The quantitative estimate of drug-likeness (QED) is 0.121. The summed E-state index contributed by atoms with van der Waals surface area (Å²) in [6.45, 7) is 2.17. The van der Waals surface area contributed by atoms with E-state index < -0.39 is 0 Å². The van der Waals surface area contributed by atoms with Gasteiger partial charge in [0.1, 0.15) is 5.82 Å². The number of nitrogens with zero attached hydrogens (tertiary/aromatic N) is 4. The molecule has 4 nitrogen and oxygen atoms in total. The minimum absolute atomic E-state index is 0.179. The maximum Gasteiger partial charge on any atom is 0.132 e. The van der Waals surface area contributed by atoms with Crippen molar-refractivity contribution in [2.75, 3.05) is 19.6 Å². The SMILES string of the molecule is Cc1ccc2c(c1)sc1ccc(N(c3ccccc3)c3ccc4c(c3)sc3ccc(N(c5ccccc5)c5ccccc5)cc34)cc12.Fc1cccc2sc3ccc(N(c4ccccc4)c4ccc5c(c4)sc4ccc(N(c6ccccc6)c6ccccc6)cc45)cc3c12. The molecule has 0 aliphatic heterocycles. The Morgan fingerprint density at radius 2 is 0.479 bits per heavy atom. The van der Waals surface area contributed by atoms with E-state index in [1.165, 1.54) is 66.1 Å². The van der Waals surface area contributed by atoms with E-state index in [0.29, 0.717) is 5.39 Å². The number of fused-ring (bicyclic) bond motifs is 12. The molecule has 0 N–H and O–H groups in total. The average molecular weight is 1280 g/mol. The first-order valence-corrected chi connectivity index (χ1v) is 34.6. The van der Waals surface area contributed by atoms with Gasteiger partial charge in [-0.1, -0.05) is 140 Å². The Kier molecular flexibility index (Phi) is 14.7. The molecule has 94 heavy (non-hydrogen) atoms. The minimum atomic E-state index is -0.179. The topological polar surface area (TPSA) is 13.0 Å². The normalized spacial score (nSPS) is 11.5. The highest BCUT2D eigenvalue weighted by Gasteiger charge is 2.22. The Labute approximate surface area is 560 Å². The van der Waals surface area contributed by atoms with Crippen LogP contribution in [0.25, 0.3) is 80.7 Å². The van der Waals surface area contributed by atoms with Gasteiger partial charge in [-0.3, -0.25) is 0 Å². The molecule has 18 aromatic rings. The zero-order valence-corrected chi connectivity index (χ0v) is 54.2. The first kappa shape index (κ1) is 57.0. The Morgan fingerprint density at radius 1 is 0.202 bits per heavy atom. The summed E-state index contributed by atoms with van der Waals surface area (Å²) in [6.07, 6.45) is 0. The lowest BCUT2D eigenvalue weighted by Gasteiger charge is -2.26. The van der Waals surface area contributed by atoms with E-state index in [0.717, 1.165) is 83.0 Å². The lowest BCUT2D eigenvalue weighted by atomic mass is 10.1. The van der Waals surface area contributed by atoms with Gasteiger partial charge in [-0.15, -0.1) is 45.3 Å². The van der Waals surface area contributed by atoms with Gasteiger partial charge < -0.3 is 19.6 Å². The Morgan fingerprint density at radius 3 is 0.840 bits per heavy atom. The van der Waals surface area contributed by atoms with Crippen LogP contribution in [-0.4, -0.2) is 0 Å². The van der Waals surface area contributed by atoms with Gasteiger partial charge >= 0.3 is 0 Å². The molecule has 0 atom stereocenters. The number of rotatable bonds is 12. The third-order valence-corrected chi connectivity index (χ3v) is 22.1. The zero-order chi connectivity index (χ0) is 62.6. The molecule has 9 heteroatoms. The van der Waals surface area contributed by atoms with Crippen LogP contribution in [0.1, 0.15) is 5.56 Å². The highest BCUT2D eigenvalue weighted by Crippen LogP contribution is 2.48. The summed E-state index contributed by atoms with van der Waals surface area (Å²) in [5, 5.41) is 9.28. The molecule has 0 radical (unpaired) electrons. The van der Waals surface area contributed by atoms with E-state index in [4.69, 9.17) is 0 Å². The zero-order valence-electron chi connectivity index (χ0n) is 51.0. The van der Waals surface area contributed by atoms with Crippen molar-refractivity contribution in [1.82, 2.24) is 0 Å². The van der Waals surface area contributed by atoms with Gasteiger partial charge in [-0.25, -0.2) is 4.39 Å². The van der Waals surface area contributed by atoms with E-state index in [2.05, 4.69) is 330 Å². The third-order valence-electron chi connectivity index (χ3n) is 17.6. The second kappa shape index (κ2) is 24.3. The fourth-order valence-electron chi connectivity index (χ4n) is 13.2. The maximum atomic E-state index is 15.1. The Balaban J connectivity index is 0.000000143. The van der Waals surface area contributed by atoms with Gasteiger partial charge in [0.05, 0.1) is 0 Å². The van der Waals surface area contributed by atoms with Crippen molar-refractivity contribution in [2.24, 2.45) is 0 Å². The number of aryl methyl sites for hydroxylation is 1. The highest BCUT2D eigenvalue weighted by atomic mass is 32.1. The molecule has 0 aliphatic carbocycles. The summed E-state index contributed by atoms with van der Waals surface area (Å²) >= 11 is 7.17. The molecule has 18 rings (SSSR count). The number of benzene rings is 14. The van der Waals surface area contributed by atoms with Crippen LogP contribution in [0, 0.1) is 12.7 Å². The highest BCUT2D eigenvalue weighted by molar-refractivity contribution is 7.27. The van der Waals surface area contributed by atoms with Gasteiger partial charge in [0.2, 0.25) is 0 Å². The molecule has 0 amide bonds. The predicted molar refractivity (Wildman–Crippen MR) is 408 cm³/mol. The molecule has 0 saturated heterocycles. The third kappa shape index (κ3) is 10.5. The van der Waals surface area contributed by atoms with Gasteiger partial charge in [0, 0.05) is 149 Å². The van der Waals surface area contributed by atoms with Crippen LogP contribution in [0.4, 0.5) is 72.6 Å². The van der Waals surface area contributed by atoms with Gasteiger partial charge in [-0.2, -0.15) is 0 Å². The number of anilines is 12. The lowest BCUT2D eigenvalue weighted by Crippen LogP contribution is -2.09. The van der Waals surface area contributed by atoms with E-state index >= 15 is 4.39 Å². The molecule has 448 valence electrons. The number of hydrogen-bond acceptors (Lipinski definition) is 8. The number of hydrogen-bond donors (Lipinski definition) is 0. The Hall–Kier alpha value is -10.9. The van der Waals surface area contributed by atoms with Crippen LogP contribution in [0.5, 0.6) is 0 Å². The number of thiophene rings is 4. The monoisotopic (exact) mass is 1280 g/mol. The average Bonchev–Trinajstić information content (AvgIpc) is 1.63. The van der Waals surface area contributed by atoms with E-state index in [-0.39, 0.29) is 5.82 Å². The summed E-state index contributed by atoms with van der Waals surface area (Å²) in [5.41, 5.74) is 14.7. The molecule has 0 aliphatic rings. The van der Waals surface area contributed by atoms with Gasteiger partial charge in [0.15, 0.2) is 0 Å². The second-order valence-corrected chi connectivity index (χ2v) is 27.8. The van der Waals surface area contributed by atoms with Crippen LogP contribution >= 0.6 is 45.3 Å². The van der Waals surface area contributed by atoms with Gasteiger partial charge in [0.25, 0.3) is 0 Å². The van der Waals surface area contributed by atoms with Crippen LogP contribution in [0.3, 0.4) is 0 Å². The van der Waals surface area contributed by atoms with Crippen molar-refractivity contribution in [3.63, 3.8) is 0 Å². The maximum absolute atomic E-state index is 15.1. The minimum Gasteiger partial charge on any atom is -0.310 e. The summed E-state index contributed by atoms with van der Waals surface area (Å²) in [5.74, 6) is -0.179. The summed E-state index contributed by atoms with van der Waals surface area (Å²) in [6, 6.07) is 116. The molecule has 0 fully saturated rings. The lowest BCUT2D eigenvalue weighted by molar-refractivity contribution is 0.641. The second-order valence-electron chi connectivity index (χ2n) is 23.5. The Bertz CT molecular complexity index is 5710. The molecule has 0 spiro atoms. The molecule has 0 saturated carbocycles. The fraction of sp³-hybridized carbons (Fsp3) is 0.0118. The van der Waals surface area contributed by atoms with E-state index in [1.807, 2.05) is 46.1 Å². The molecule has 14 aromatic carbocycles. The van der Waals surface area contributed by atoms with Crippen molar-refractivity contribution in [2.45, 2.75) is 6.92 Å². The van der Waals surface area contributed by atoms with Crippen molar-refractivity contribution in [3.8, 4) is 0 Å².